The van der Waals surface area contributed by atoms with Crippen LogP contribution in [0, 0.1) is 11.3 Å². The highest BCUT2D eigenvalue weighted by atomic mass is 28.4. The molecule has 2 bridgehead atoms. The molecule has 0 radical (unpaired) electrons. The van der Waals surface area contributed by atoms with Gasteiger partial charge < -0.3 is 9.53 Å². The van der Waals surface area contributed by atoms with E-state index in [0.717, 1.165) is 13.0 Å². The Morgan fingerprint density at radius 3 is 2.19 bits per heavy atom. The lowest BCUT2D eigenvalue weighted by molar-refractivity contribution is 0.0536. The first-order valence-electron chi connectivity index (χ1n) is 6.47. The molecule has 16 heavy (non-hydrogen) atoms. The molecule has 0 aliphatic heterocycles. The summed E-state index contributed by atoms with van der Waals surface area (Å²) in [5, 5.41) is 10.0. The fourth-order valence-corrected chi connectivity index (χ4v) is 3.93. The first-order chi connectivity index (χ1) is 7.15. The zero-order chi connectivity index (χ0) is 12.2. The molecule has 1 atom stereocenters. The van der Waals surface area contributed by atoms with E-state index >= 15 is 0 Å². The maximum absolute atomic E-state index is 9.75. The Bertz CT molecular complexity index is 274. The molecule has 0 aromatic carbocycles. The minimum Gasteiger partial charge on any atom is -0.416 e. The monoisotopic (exact) mass is 242 g/mol. The molecule has 0 aromatic rings. The number of hydrogen-bond acceptors (Lipinski definition) is 2. The average molecular weight is 242 g/mol. The van der Waals surface area contributed by atoms with E-state index in [-0.39, 0.29) is 6.10 Å². The Morgan fingerprint density at radius 2 is 1.81 bits per heavy atom. The Morgan fingerprint density at radius 1 is 1.25 bits per heavy atom. The van der Waals surface area contributed by atoms with Crippen molar-refractivity contribution in [3.05, 3.63) is 0 Å². The van der Waals surface area contributed by atoms with E-state index in [1.165, 1.54) is 12.8 Å². The lowest BCUT2D eigenvalue weighted by Crippen LogP contribution is -2.45. The maximum atomic E-state index is 9.75. The third-order valence-electron chi connectivity index (χ3n) is 5.12. The van der Waals surface area contributed by atoms with Crippen LogP contribution in [-0.2, 0) is 4.43 Å². The van der Waals surface area contributed by atoms with Crippen LogP contribution in [0.25, 0.3) is 0 Å². The summed E-state index contributed by atoms with van der Waals surface area (Å²) in [6.07, 6.45) is 3.33. The van der Waals surface area contributed by atoms with Gasteiger partial charge in [-0.2, -0.15) is 0 Å². The Kier molecular flexibility index (Phi) is 2.80. The summed E-state index contributed by atoms with van der Waals surface area (Å²) in [4.78, 5) is 0. The Hall–Kier alpha value is 0.137. The van der Waals surface area contributed by atoms with Gasteiger partial charge in [-0.3, -0.25) is 0 Å². The van der Waals surface area contributed by atoms with Crippen LogP contribution in [0.1, 0.15) is 40.0 Å². The number of rotatable bonds is 3. The molecule has 3 aliphatic carbocycles. The molecule has 0 unspecified atom stereocenters. The van der Waals surface area contributed by atoms with Crippen molar-refractivity contribution in [2.24, 2.45) is 11.3 Å². The van der Waals surface area contributed by atoms with Gasteiger partial charge in [-0.25, -0.2) is 0 Å². The molecule has 3 aliphatic rings. The van der Waals surface area contributed by atoms with Crippen molar-refractivity contribution < 1.29 is 9.53 Å². The molecule has 3 fully saturated rings. The van der Waals surface area contributed by atoms with Crippen molar-refractivity contribution in [2.45, 2.75) is 64.3 Å². The summed E-state index contributed by atoms with van der Waals surface area (Å²) in [6, 6.07) is 0. The van der Waals surface area contributed by atoms with Crippen LogP contribution in [0.15, 0.2) is 0 Å². The summed E-state index contributed by atoms with van der Waals surface area (Å²) in [6.45, 7) is 12.4. The molecule has 1 N–H and O–H groups in total. The summed E-state index contributed by atoms with van der Waals surface area (Å²) in [5.41, 5.74) is 0.347. The van der Waals surface area contributed by atoms with Gasteiger partial charge in [0.1, 0.15) is 0 Å². The van der Waals surface area contributed by atoms with Gasteiger partial charge in [-0.15, -0.1) is 0 Å². The number of fused-ring (bicyclic) bond motifs is 1. The largest absolute Gasteiger partial charge is 0.416 e. The van der Waals surface area contributed by atoms with Crippen molar-refractivity contribution in [1.29, 1.82) is 0 Å². The predicted molar refractivity (Wildman–Crippen MR) is 68.9 cm³/mol. The fourth-order valence-electron chi connectivity index (χ4n) is 2.83. The van der Waals surface area contributed by atoms with Crippen molar-refractivity contribution in [2.75, 3.05) is 6.61 Å². The molecule has 3 saturated carbocycles. The van der Waals surface area contributed by atoms with Gasteiger partial charge in [-0.05, 0) is 48.7 Å². The van der Waals surface area contributed by atoms with Gasteiger partial charge >= 0.3 is 0 Å². The van der Waals surface area contributed by atoms with Crippen molar-refractivity contribution >= 4 is 8.32 Å². The van der Waals surface area contributed by atoms with Gasteiger partial charge in [-0.1, -0.05) is 20.8 Å². The SMILES string of the molecule is CC(C)(C)[Si](C)(C)OCC12CC(C1)[C@H](O)C2. The van der Waals surface area contributed by atoms with Crippen LogP contribution in [0.4, 0.5) is 0 Å². The summed E-state index contributed by atoms with van der Waals surface area (Å²) < 4.78 is 6.29. The second-order valence-corrected chi connectivity index (χ2v) is 12.3. The lowest BCUT2D eigenvalue weighted by Gasteiger charge is -2.43. The van der Waals surface area contributed by atoms with Gasteiger partial charge in [0.25, 0.3) is 0 Å². The lowest BCUT2D eigenvalue weighted by atomic mass is 9.70. The standard InChI is InChI=1S/C13H26O2Si/c1-12(2,3)16(4,5)15-9-13-6-10(7-13)11(14)8-13/h10-11,14H,6-9H2,1-5H3/t10?,11-,13?/m1/s1. The van der Waals surface area contributed by atoms with E-state index in [9.17, 15) is 5.11 Å². The van der Waals surface area contributed by atoms with Crippen molar-refractivity contribution in [1.82, 2.24) is 0 Å². The van der Waals surface area contributed by atoms with Crippen LogP contribution in [0.3, 0.4) is 0 Å². The van der Waals surface area contributed by atoms with Crippen molar-refractivity contribution in [3.8, 4) is 0 Å². The molecular formula is C13H26O2Si. The summed E-state index contributed by atoms with van der Waals surface area (Å²) >= 11 is 0. The van der Waals surface area contributed by atoms with Gasteiger partial charge in [0.05, 0.1) is 6.10 Å². The second kappa shape index (κ2) is 3.56. The molecule has 0 saturated heterocycles. The van der Waals surface area contributed by atoms with E-state index in [1.54, 1.807) is 0 Å². The minimum absolute atomic E-state index is 0.0389. The Labute approximate surface area is 101 Å². The van der Waals surface area contributed by atoms with Crippen molar-refractivity contribution in [3.63, 3.8) is 0 Å². The summed E-state index contributed by atoms with van der Waals surface area (Å²) in [5.74, 6) is 0.586. The highest BCUT2D eigenvalue weighted by Crippen LogP contribution is 2.59. The van der Waals surface area contributed by atoms with Crippen LogP contribution >= 0.6 is 0 Å². The topological polar surface area (TPSA) is 29.5 Å². The zero-order valence-electron chi connectivity index (χ0n) is 11.3. The first-order valence-corrected chi connectivity index (χ1v) is 9.38. The second-order valence-electron chi connectivity index (χ2n) is 7.49. The van der Waals surface area contributed by atoms with Crippen LogP contribution < -0.4 is 0 Å². The molecule has 0 heterocycles. The normalized spacial score (nSPS) is 38.6. The van der Waals surface area contributed by atoms with Gasteiger partial charge in [0.15, 0.2) is 8.32 Å². The van der Waals surface area contributed by atoms with E-state index in [2.05, 4.69) is 33.9 Å². The van der Waals surface area contributed by atoms with E-state index in [4.69, 9.17) is 4.43 Å². The quantitative estimate of drug-likeness (QED) is 0.770. The van der Waals surface area contributed by atoms with Crippen LogP contribution in [0.2, 0.25) is 18.1 Å². The number of aliphatic hydroxyl groups excluding tert-OH is 1. The zero-order valence-corrected chi connectivity index (χ0v) is 12.3. The van der Waals surface area contributed by atoms with Crippen LogP contribution in [-0.4, -0.2) is 26.1 Å². The molecule has 0 aromatic heterocycles. The number of hydrogen-bond donors (Lipinski definition) is 1. The first kappa shape index (κ1) is 12.6. The average Bonchev–Trinajstić information content (AvgIpc) is 2.51. The van der Waals surface area contributed by atoms with Crippen LogP contribution in [0.5, 0.6) is 0 Å². The molecule has 3 heteroatoms. The smallest absolute Gasteiger partial charge is 0.192 e. The summed E-state index contributed by atoms with van der Waals surface area (Å²) in [7, 11) is -1.60. The molecule has 0 spiro atoms. The van der Waals surface area contributed by atoms with E-state index in [1.807, 2.05) is 0 Å². The maximum Gasteiger partial charge on any atom is 0.192 e. The predicted octanol–water partition coefficient (Wildman–Crippen LogP) is 3.17. The molecule has 94 valence electrons. The molecular weight excluding hydrogens is 216 g/mol. The molecule has 3 rings (SSSR count). The third-order valence-corrected chi connectivity index (χ3v) is 9.60. The van der Waals surface area contributed by atoms with E-state index < -0.39 is 8.32 Å². The molecule has 2 nitrogen and oxygen atoms in total. The van der Waals surface area contributed by atoms with Gasteiger partial charge in [0.2, 0.25) is 0 Å². The van der Waals surface area contributed by atoms with Gasteiger partial charge in [0, 0.05) is 6.61 Å². The highest BCUT2D eigenvalue weighted by molar-refractivity contribution is 6.74. The fraction of sp³-hybridized carbons (Fsp3) is 1.00. The minimum atomic E-state index is -1.60. The number of aliphatic hydroxyl groups is 1. The Balaban J connectivity index is 1.89. The third kappa shape index (κ3) is 1.98. The van der Waals surface area contributed by atoms with E-state index in [0.29, 0.717) is 16.4 Å². The highest BCUT2D eigenvalue weighted by Gasteiger charge is 2.56. The molecule has 0 amide bonds.